The van der Waals surface area contributed by atoms with Crippen molar-refractivity contribution in [2.45, 2.75) is 6.54 Å². The van der Waals surface area contributed by atoms with Gasteiger partial charge in [-0.2, -0.15) is 0 Å². The number of phenols is 1. The van der Waals surface area contributed by atoms with E-state index in [1.54, 1.807) is 0 Å². The van der Waals surface area contributed by atoms with Crippen molar-refractivity contribution in [3.05, 3.63) is 56.5 Å². The molecular weight excluding hydrogens is 380 g/mol. The Morgan fingerprint density at radius 2 is 2.12 bits per heavy atom. The van der Waals surface area contributed by atoms with Crippen LogP contribution < -0.4 is 14.8 Å². The first-order valence-corrected chi connectivity index (χ1v) is 7.94. The van der Waals surface area contributed by atoms with Gasteiger partial charge in [-0.3, -0.25) is 10.1 Å². The van der Waals surface area contributed by atoms with Crippen LogP contribution in [0.15, 0.2) is 40.9 Å². The Balaban J connectivity index is 1.90. The number of nitrogens with zero attached hydrogens (tertiary/aromatic N) is 1. The summed E-state index contributed by atoms with van der Waals surface area (Å²) in [6, 6.07) is 10.0. The molecule has 0 unspecified atom stereocenters. The Hall–Kier alpha value is -2.32. The number of benzene rings is 2. The Labute approximate surface area is 147 Å². The third kappa shape index (κ3) is 4.84. The number of hydrogen-bond donors (Lipinski definition) is 2. The van der Waals surface area contributed by atoms with E-state index in [0.29, 0.717) is 18.7 Å². The van der Waals surface area contributed by atoms with Crippen LogP contribution in [0.1, 0.15) is 5.56 Å². The molecule has 0 radical (unpaired) electrons. The number of rotatable bonds is 8. The molecule has 0 aliphatic rings. The minimum atomic E-state index is -0.534. The summed E-state index contributed by atoms with van der Waals surface area (Å²) >= 11 is 3.36. The van der Waals surface area contributed by atoms with E-state index in [0.717, 1.165) is 16.3 Å². The maximum atomic E-state index is 11.1. The minimum Gasteiger partial charge on any atom is -0.504 e. The molecular formula is C16H17BrN2O5. The minimum absolute atomic E-state index is 0.159. The summed E-state index contributed by atoms with van der Waals surface area (Å²) < 4.78 is 11.5. The molecule has 0 bridgehead atoms. The molecule has 0 fully saturated rings. The fourth-order valence-electron chi connectivity index (χ4n) is 2.10. The van der Waals surface area contributed by atoms with E-state index in [4.69, 9.17) is 9.47 Å². The van der Waals surface area contributed by atoms with Crippen LogP contribution in [0.2, 0.25) is 0 Å². The third-order valence-corrected chi connectivity index (χ3v) is 3.73. The summed E-state index contributed by atoms with van der Waals surface area (Å²) in [6.07, 6.45) is 0. The topological polar surface area (TPSA) is 93.9 Å². The van der Waals surface area contributed by atoms with Gasteiger partial charge in [0, 0.05) is 23.1 Å². The Morgan fingerprint density at radius 3 is 2.79 bits per heavy atom. The van der Waals surface area contributed by atoms with Gasteiger partial charge in [0.1, 0.15) is 12.4 Å². The highest BCUT2D eigenvalue weighted by molar-refractivity contribution is 9.10. The summed E-state index contributed by atoms with van der Waals surface area (Å²) in [5.41, 5.74) is 0.269. The number of nitrogens with one attached hydrogen (secondary N) is 1. The molecule has 0 aliphatic carbocycles. The van der Waals surface area contributed by atoms with Gasteiger partial charge in [-0.15, -0.1) is 0 Å². The van der Waals surface area contributed by atoms with Crippen LogP contribution in [-0.4, -0.2) is 30.3 Å². The van der Waals surface area contributed by atoms with Crippen LogP contribution in [0.5, 0.6) is 17.2 Å². The van der Waals surface area contributed by atoms with Crippen molar-refractivity contribution in [3.63, 3.8) is 0 Å². The van der Waals surface area contributed by atoms with E-state index < -0.39 is 4.92 Å². The quantitative estimate of drug-likeness (QED) is 0.404. The first-order valence-electron chi connectivity index (χ1n) is 7.14. The molecule has 7 nitrogen and oxygen atoms in total. The van der Waals surface area contributed by atoms with Crippen LogP contribution in [0, 0.1) is 10.1 Å². The zero-order chi connectivity index (χ0) is 17.5. The van der Waals surface area contributed by atoms with Crippen molar-refractivity contribution < 1.29 is 19.5 Å². The lowest BCUT2D eigenvalue weighted by atomic mass is 10.1. The van der Waals surface area contributed by atoms with Crippen molar-refractivity contribution in [2.75, 3.05) is 20.3 Å². The maximum Gasteiger partial charge on any atom is 0.277 e. The van der Waals surface area contributed by atoms with Gasteiger partial charge in [-0.05, 0) is 24.3 Å². The highest BCUT2D eigenvalue weighted by Crippen LogP contribution is 2.33. The number of methoxy groups -OCH3 is 1. The van der Waals surface area contributed by atoms with E-state index in [-0.39, 0.29) is 23.7 Å². The highest BCUT2D eigenvalue weighted by Gasteiger charge is 2.18. The number of nitro groups is 1. The molecule has 2 aromatic rings. The molecule has 0 spiro atoms. The van der Waals surface area contributed by atoms with Crippen molar-refractivity contribution >= 4 is 21.6 Å². The first kappa shape index (κ1) is 18.0. The Bertz CT molecular complexity index is 724. The number of aromatic hydroxyl groups is 1. The second-order valence-corrected chi connectivity index (χ2v) is 5.81. The van der Waals surface area contributed by atoms with Crippen LogP contribution in [-0.2, 0) is 6.54 Å². The summed E-state index contributed by atoms with van der Waals surface area (Å²) in [4.78, 5) is 10.5. The van der Waals surface area contributed by atoms with Gasteiger partial charge < -0.3 is 19.9 Å². The third-order valence-electron chi connectivity index (χ3n) is 3.24. The zero-order valence-corrected chi connectivity index (χ0v) is 14.6. The molecule has 24 heavy (non-hydrogen) atoms. The predicted octanol–water partition coefficient (Wildman–Crippen LogP) is 3.24. The Kier molecular flexibility index (Phi) is 6.39. The monoisotopic (exact) mass is 396 g/mol. The lowest BCUT2D eigenvalue weighted by Gasteiger charge is -2.10. The van der Waals surface area contributed by atoms with E-state index >= 15 is 0 Å². The lowest BCUT2D eigenvalue weighted by molar-refractivity contribution is -0.385. The first-order chi connectivity index (χ1) is 11.5. The van der Waals surface area contributed by atoms with Crippen molar-refractivity contribution in [2.24, 2.45) is 0 Å². The average molecular weight is 397 g/mol. The van der Waals surface area contributed by atoms with Gasteiger partial charge >= 0.3 is 0 Å². The molecule has 2 N–H and O–H groups in total. The van der Waals surface area contributed by atoms with Crippen LogP contribution in [0.3, 0.4) is 0 Å². The fourth-order valence-corrected chi connectivity index (χ4v) is 2.47. The van der Waals surface area contributed by atoms with Gasteiger partial charge in [0.15, 0.2) is 11.5 Å². The predicted molar refractivity (Wildman–Crippen MR) is 92.7 cm³/mol. The molecule has 8 heteroatoms. The van der Waals surface area contributed by atoms with Gasteiger partial charge in [0.2, 0.25) is 0 Å². The van der Waals surface area contributed by atoms with Crippen LogP contribution >= 0.6 is 15.9 Å². The molecule has 2 rings (SSSR count). The normalized spacial score (nSPS) is 10.4. The SMILES string of the molecule is COc1cc(CNCCOc2cccc(Br)c2)c([N+](=O)[O-])cc1O. The summed E-state index contributed by atoms with van der Waals surface area (Å²) in [6.45, 7) is 1.18. The number of hydrogen-bond acceptors (Lipinski definition) is 6. The van der Waals surface area contributed by atoms with Crippen LogP contribution in [0.4, 0.5) is 5.69 Å². The average Bonchev–Trinajstić information content (AvgIpc) is 2.55. The van der Waals surface area contributed by atoms with Crippen molar-refractivity contribution in [3.8, 4) is 17.2 Å². The number of phenolic OH excluding ortho intramolecular Hbond substituents is 1. The molecule has 0 saturated carbocycles. The van der Waals surface area contributed by atoms with Crippen molar-refractivity contribution in [1.29, 1.82) is 0 Å². The maximum absolute atomic E-state index is 11.1. The molecule has 2 aromatic carbocycles. The summed E-state index contributed by atoms with van der Waals surface area (Å²) in [7, 11) is 1.39. The number of nitro benzene ring substituents is 1. The smallest absolute Gasteiger partial charge is 0.277 e. The fraction of sp³-hybridized carbons (Fsp3) is 0.250. The second-order valence-electron chi connectivity index (χ2n) is 4.89. The largest absolute Gasteiger partial charge is 0.504 e. The van der Waals surface area contributed by atoms with Gasteiger partial charge in [-0.1, -0.05) is 22.0 Å². The standard InChI is InChI=1S/C16H17BrN2O5/c1-23-16-7-11(14(19(21)22)9-15(16)20)10-18-5-6-24-13-4-2-3-12(17)8-13/h2-4,7-9,18,20H,5-6,10H2,1H3. The van der Waals surface area contributed by atoms with E-state index in [1.807, 2.05) is 24.3 Å². The molecule has 0 aromatic heterocycles. The van der Waals surface area contributed by atoms with E-state index in [1.165, 1.54) is 13.2 Å². The molecule has 0 aliphatic heterocycles. The van der Waals surface area contributed by atoms with Gasteiger partial charge in [0.05, 0.1) is 18.1 Å². The van der Waals surface area contributed by atoms with E-state index in [2.05, 4.69) is 21.2 Å². The lowest BCUT2D eigenvalue weighted by Crippen LogP contribution is -2.21. The molecule has 0 atom stereocenters. The summed E-state index contributed by atoms with van der Waals surface area (Å²) in [5.74, 6) is 0.678. The second kappa shape index (κ2) is 8.51. The highest BCUT2D eigenvalue weighted by atomic mass is 79.9. The Morgan fingerprint density at radius 1 is 1.33 bits per heavy atom. The molecule has 128 valence electrons. The van der Waals surface area contributed by atoms with Gasteiger partial charge in [0.25, 0.3) is 5.69 Å². The number of halogens is 1. The molecule has 0 heterocycles. The molecule has 0 amide bonds. The van der Waals surface area contributed by atoms with Gasteiger partial charge in [-0.25, -0.2) is 0 Å². The zero-order valence-electron chi connectivity index (χ0n) is 13.0. The number of ether oxygens (including phenoxy) is 2. The van der Waals surface area contributed by atoms with E-state index in [9.17, 15) is 15.2 Å². The van der Waals surface area contributed by atoms with Crippen LogP contribution in [0.25, 0.3) is 0 Å². The molecule has 0 saturated heterocycles. The summed E-state index contributed by atoms with van der Waals surface area (Å²) in [5, 5.41) is 23.8. The van der Waals surface area contributed by atoms with Crippen molar-refractivity contribution in [1.82, 2.24) is 5.32 Å².